The van der Waals surface area contributed by atoms with Crippen molar-refractivity contribution in [1.29, 1.82) is 0 Å². The van der Waals surface area contributed by atoms with Crippen molar-refractivity contribution in [2.24, 2.45) is 5.41 Å². The third-order valence-corrected chi connectivity index (χ3v) is 5.27. The highest BCUT2D eigenvalue weighted by Crippen LogP contribution is 2.49. The van der Waals surface area contributed by atoms with Crippen molar-refractivity contribution >= 4 is 10.8 Å². The van der Waals surface area contributed by atoms with E-state index >= 15 is 0 Å². The van der Waals surface area contributed by atoms with Gasteiger partial charge in [-0.15, -0.1) is 0 Å². The molecular formula is C12H23NOS. The van der Waals surface area contributed by atoms with Crippen molar-refractivity contribution < 1.29 is 4.21 Å². The summed E-state index contributed by atoms with van der Waals surface area (Å²) in [6, 6.07) is 0.650. The molecule has 2 nitrogen and oxygen atoms in total. The normalized spacial score (nSPS) is 33.9. The largest absolute Gasteiger partial charge is 0.313 e. The Balaban J connectivity index is 1.67. The predicted octanol–water partition coefficient (Wildman–Crippen LogP) is 2.07. The zero-order valence-corrected chi connectivity index (χ0v) is 10.6. The molecule has 2 aliphatic rings. The molecule has 3 heteroatoms. The third-order valence-electron chi connectivity index (χ3n) is 3.89. The lowest BCUT2D eigenvalue weighted by molar-refractivity contribution is 0.373. The standard InChI is InChI=1S/C12H23NOS/c1-2-5-12(6-7-12)10-13-11-3-8-15(14)9-4-11/h11,13H,2-10H2,1H3. The maximum absolute atomic E-state index is 11.2. The van der Waals surface area contributed by atoms with Gasteiger partial charge in [-0.3, -0.25) is 4.21 Å². The van der Waals surface area contributed by atoms with Crippen LogP contribution in [-0.2, 0) is 10.8 Å². The molecule has 0 unspecified atom stereocenters. The SMILES string of the molecule is CCCC1(CNC2CCS(=O)CC2)CC1. The summed E-state index contributed by atoms with van der Waals surface area (Å²) in [7, 11) is -0.513. The molecule has 1 heterocycles. The van der Waals surface area contributed by atoms with Gasteiger partial charge in [0.25, 0.3) is 0 Å². The van der Waals surface area contributed by atoms with Crippen LogP contribution in [0.4, 0.5) is 0 Å². The van der Waals surface area contributed by atoms with E-state index in [1.165, 1.54) is 32.2 Å². The van der Waals surface area contributed by atoms with Crippen molar-refractivity contribution in [3.63, 3.8) is 0 Å². The summed E-state index contributed by atoms with van der Waals surface area (Å²) in [5.41, 5.74) is 0.658. The molecule has 2 rings (SSSR count). The van der Waals surface area contributed by atoms with E-state index in [0.29, 0.717) is 11.5 Å². The molecule has 1 N–H and O–H groups in total. The van der Waals surface area contributed by atoms with Crippen LogP contribution in [-0.4, -0.2) is 28.3 Å². The summed E-state index contributed by atoms with van der Waals surface area (Å²) in [4.78, 5) is 0. The Hall–Kier alpha value is 0.110. The zero-order chi connectivity index (χ0) is 10.7. The van der Waals surface area contributed by atoms with Gasteiger partial charge in [-0.2, -0.15) is 0 Å². The summed E-state index contributed by atoms with van der Waals surface area (Å²) in [6.45, 7) is 3.49. The Morgan fingerprint density at radius 3 is 2.53 bits per heavy atom. The van der Waals surface area contributed by atoms with Crippen LogP contribution in [0.2, 0.25) is 0 Å². The molecule has 0 radical (unpaired) electrons. The fourth-order valence-electron chi connectivity index (χ4n) is 2.58. The highest BCUT2D eigenvalue weighted by Gasteiger charge is 2.41. The van der Waals surface area contributed by atoms with Crippen LogP contribution in [0.1, 0.15) is 45.4 Å². The second-order valence-electron chi connectivity index (χ2n) is 5.25. The number of rotatable bonds is 5. The molecule has 0 atom stereocenters. The monoisotopic (exact) mass is 229 g/mol. The maximum atomic E-state index is 11.2. The van der Waals surface area contributed by atoms with E-state index in [2.05, 4.69) is 12.2 Å². The predicted molar refractivity (Wildman–Crippen MR) is 65.5 cm³/mol. The van der Waals surface area contributed by atoms with Gasteiger partial charge in [0.1, 0.15) is 0 Å². The first kappa shape index (κ1) is 11.6. The van der Waals surface area contributed by atoms with Gasteiger partial charge >= 0.3 is 0 Å². The van der Waals surface area contributed by atoms with Gasteiger partial charge in [-0.25, -0.2) is 0 Å². The molecule has 0 aromatic heterocycles. The average molecular weight is 229 g/mol. The number of nitrogens with one attached hydrogen (secondary N) is 1. The highest BCUT2D eigenvalue weighted by atomic mass is 32.2. The van der Waals surface area contributed by atoms with Crippen molar-refractivity contribution in [2.45, 2.75) is 51.5 Å². The highest BCUT2D eigenvalue weighted by molar-refractivity contribution is 7.85. The van der Waals surface area contributed by atoms with Gasteiger partial charge in [0.05, 0.1) is 0 Å². The smallest absolute Gasteiger partial charge is 0.0249 e. The quantitative estimate of drug-likeness (QED) is 0.782. The van der Waals surface area contributed by atoms with Gasteiger partial charge < -0.3 is 5.32 Å². The minimum Gasteiger partial charge on any atom is -0.313 e. The van der Waals surface area contributed by atoms with Crippen molar-refractivity contribution in [3.8, 4) is 0 Å². The first-order chi connectivity index (χ1) is 7.24. The van der Waals surface area contributed by atoms with Crippen LogP contribution < -0.4 is 5.32 Å². The van der Waals surface area contributed by atoms with Gasteiger partial charge in [0.2, 0.25) is 0 Å². The first-order valence-electron chi connectivity index (χ1n) is 6.32. The molecule has 1 saturated carbocycles. The molecule has 0 spiro atoms. The van der Waals surface area contributed by atoms with Gasteiger partial charge in [-0.05, 0) is 37.5 Å². The second-order valence-corrected chi connectivity index (χ2v) is 6.95. The Bertz CT molecular complexity index is 228. The Morgan fingerprint density at radius 1 is 1.33 bits per heavy atom. The topological polar surface area (TPSA) is 29.1 Å². The summed E-state index contributed by atoms with van der Waals surface area (Å²) >= 11 is 0. The summed E-state index contributed by atoms with van der Waals surface area (Å²) in [5.74, 6) is 1.83. The minimum absolute atomic E-state index is 0.513. The number of hydrogen-bond donors (Lipinski definition) is 1. The fourth-order valence-corrected chi connectivity index (χ4v) is 3.88. The van der Waals surface area contributed by atoms with Gasteiger partial charge in [0.15, 0.2) is 0 Å². The molecule has 2 fully saturated rings. The minimum atomic E-state index is -0.513. The molecular weight excluding hydrogens is 206 g/mol. The van der Waals surface area contributed by atoms with E-state index in [1.807, 2.05) is 0 Å². The lowest BCUT2D eigenvalue weighted by atomic mass is 10.00. The molecule has 0 bridgehead atoms. The second kappa shape index (κ2) is 4.96. The molecule has 0 aromatic carbocycles. The molecule has 88 valence electrons. The molecule has 1 saturated heterocycles. The van der Waals surface area contributed by atoms with E-state index in [-0.39, 0.29) is 0 Å². The average Bonchev–Trinajstić information content (AvgIpc) is 2.99. The third kappa shape index (κ3) is 3.28. The van der Waals surface area contributed by atoms with Crippen molar-refractivity contribution in [1.82, 2.24) is 5.32 Å². The van der Waals surface area contributed by atoms with Crippen LogP contribution in [0.25, 0.3) is 0 Å². The van der Waals surface area contributed by atoms with Crippen LogP contribution in [0.3, 0.4) is 0 Å². The summed E-state index contributed by atoms with van der Waals surface area (Å²) in [5, 5.41) is 3.70. The Kier molecular flexibility index (Phi) is 3.83. The Labute approximate surface area is 95.7 Å². The summed E-state index contributed by atoms with van der Waals surface area (Å²) < 4.78 is 11.2. The zero-order valence-electron chi connectivity index (χ0n) is 9.76. The molecule has 1 aliphatic heterocycles. The molecule has 15 heavy (non-hydrogen) atoms. The van der Waals surface area contributed by atoms with Gasteiger partial charge in [-0.1, -0.05) is 13.3 Å². The van der Waals surface area contributed by atoms with E-state index in [9.17, 15) is 4.21 Å². The van der Waals surface area contributed by atoms with Crippen molar-refractivity contribution in [3.05, 3.63) is 0 Å². The number of hydrogen-bond acceptors (Lipinski definition) is 2. The lowest BCUT2D eigenvalue weighted by Crippen LogP contribution is -2.38. The van der Waals surface area contributed by atoms with E-state index in [4.69, 9.17) is 0 Å². The van der Waals surface area contributed by atoms with Crippen LogP contribution in [0, 0.1) is 5.41 Å². The molecule has 0 aromatic rings. The first-order valence-corrected chi connectivity index (χ1v) is 7.81. The van der Waals surface area contributed by atoms with E-state index in [0.717, 1.165) is 24.3 Å². The van der Waals surface area contributed by atoms with Crippen molar-refractivity contribution in [2.75, 3.05) is 18.1 Å². The lowest BCUT2D eigenvalue weighted by Gasteiger charge is -2.25. The van der Waals surface area contributed by atoms with Crippen LogP contribution in [0.15, 0.2) is 0 Å². The fraction of sp³-hybridized carbons (Fsp3) is 1.00. The van der Waals surface area contributed by atoms with E-state index in [1.54, 1.807) is 0 Å². The van der Waals surface area contributed by atoms with Crippen LogP contribution in [0.5, 0.6) is 0 Å². The molecule has 1 aliphatic carbocycles. The molecule has 0 amide bonds. The Morgan fingerprint density at radius 2 is 2.00 bits per heavy atom. The maximum Gasteiger partial charge on any atom is 0.0249 e. The summed E-state index contributed by atoms with van der Waals surface area (Å²) in [6.07, 6.45) is 7.79. The van der Waals surface area contributed by atoms with Gasteiger partial charge in [0, 0.05) is 34.9 Å². The van der Waals surface area contributed by atoms with E-state index < -0.39 is 10.8 Å². The van der Waals surface area contributed by atoms with Crippen LogP contribution >= 0.6 is 0 Å².